The van der Waals surface area contributed by atoms with Gasteiger partial charge in [-0.25, -0.2) is 8.42 Å². The lowest BCUT2D eigenvalue weighted by Crippen LogP contribution is -2.27. The summed E-state index contributed by atoms with van der Waals surface area (Å²) >= 11 is 0. The lowest BCUT2D eigenvalue weighted by Gasteiger charge is -2.15. The highest BCUT2D eigenvalue weighted by atomic mass is 32.2. The molecule has 1 heterocycles. The van der Waals surface area contributed by atoms with Crippen molar-refractivity contribution in [1.82, 2.24) is 4.31 Å². The highest BCUT2D eigenvalue weighted by molar-refractivity contribution is 7.89. The molecular formula is C17H16N2O3S. The first-order valence-electron chi connectivity index (χ1n) is 7.35. The van der Waals surface area contributed by atoms with Crippen LogP contribution in [-0.4, -0.2) is 30.9 Å². The summed E-state index contributed by atoms with van der Waals surface area (Å²) in [6, 6.07) is 13.1. The molecule has 0 unspecified atom stereocenters. The maximum Gasteiger partial charge on any atom is 0.243 e. The summed E-state index contributed by atoms with van der Waals surface area (Å²) in [6.45, 7) is 1.14. The lowest BCUT2D eigenvalue weighted by atomic mass is 10.0. The van der Waals surface area contributed by atoms with Gasteiger partial charge >= 0.3 is 0 Å². The van der Waals surface area contributed by atoms with Crippen molar-refractivity contribution in [3.8, 4) is 22.9 Å². The number of hydrogen-bond acceptors (Lipinski definition) is 4. The van der Waals surface area contributed by atoms with E-state index in [1.165, 1.54) is 10.4 Å². The predicted octanol–water partition coefficient (Wildman–Crippen LogP) is 2.72. The van der Waals surface area contributed by atoms with E-state index in [2.05, 4.69) is 0 Å². The molecule has 0 bridgehead atoms. The molecule has 118 valence electrons. The van der Waals surface area contributed by atoms with Crippen LogP contribution in [0.4, 0.5) is 0 Å². The van der Waals surface area contributed by atoms with Gasteiger partial charge < -0.3 is 5.11 Å². The van der Waals surface area contributed by atoms with Crippen molar-refractivity contribution < 1.29 is 13.5 Å². The summed E-state index contributed by atoms with van der Waals surface area (Å²) in [5.74, 6) is 0.00724. The fraction of sp³-hybridized carbons (Fsp3) is 0.235. The number of rotatable bonds is 3. The standard InChI is InChI=1S/C17H16N2O3S/c18-12-13-9-15(11-16(20)10-13)14-3-5-17(6-4-14)23(21,22)19-7-1-2-8-19/h3-6,9-11,20H,1-2,7-8H2. The SMILES string of the molecule is N#Cc1cc(O)cc(-c2ccc(S(=O)(=O)N3CCCC3)cc2)c1. The molecule has 6 heteroatoms. The Morgan fingerprint density at radius 2 is 1.65 bits per heavy atom. The van der Waals surface area contributed by atoms with Crippen LogP contribution >= 0.6 is 0 Å². The third-order valence-electron chi connectivity index (χ3n) is 3.94. The number of hydrogen-bond donors (Lipinski definition) is 1. The Morgan fingerprint density at radius 3 is 2.26 bits per heavy atom. The third-order valence-corrected chi connectivity index (χ3v) is 5.85. The van der Waals surface area contributed by atoms with Gasteiger partial charge in [-0.05, 0) is 54.3 Å². The van der Waals surface area contributed by atoms with Crippen LogP contribution in [0, 0.1) is 11.3 Å². The molecule has 0 spiro atoms. The Kier molecular flexibility index (Phi) is 4.07. The van der Waals surface area contributed by atoms with Crippen LogP contribution in [0.2, 0.25) is 0 Å². The predicted molar refractivity (Wildman–Crippen MR) is 86.3 cm³/mol. The van der Waals surface area contributed by atoms with Crippen molar-refractivity contribution in [2.45, 2.75) is 17.7 Å². The van der Waals surface area contributed by atoms with Gasteiger partial charge in [0.05, 0.1) is 16.5 Å². The lowest BCUT2D eigenvalue weighted by molar-refractivity contribution is 0.475. The van der Waals surface area contributed by atoms with Gasteiger partial charge in [0.2, 0.25) is 10.0 Å². The topological polar surface area (TPSA) is 81.4 Å². The summed E-state index contributed by atoms with van der Waals surface area (Å²) in [4.78, 5) is 0.267. The fourth-order valence-electron chi connectivity index (χ4n) is 2.74. The molecule has 1 N–H and O–H groups in total. The molecular weight excluding hydrogens is 312 g/mol. The molecule has 0 radical (unpaired) electrons. The zero-order chi connectivity index (χ0) is 16.4. The zero-order valence-corrected chi connectivity index (χ0v) is 13.3. The minimum atomic E-state index is -3.43. The molecule has 5 nitrogen and oxygen atoms in total. The van der Waals surface area contributed by atoms with Gasteiger partial charge in [0, 0.05) is 13.1 Å². The minimum Gasteiger partial charge on any atom is -0.508 e. The van der Waals surface area contributed by atoms with Gasteiger partial charge in [-0.3, -0.25) is 0 Å². The Labute approximate surface area is 135 Å². The highest BCUT2D eigenvalue weighted by Crippen LogP contribution is 2.27. The van der Waals surface area contributed by atoms with Crippen molar-refractivity contribution in [2.75, 3.05) is 13.1 Å². The highest BCUT2D eigenvalue weighted by Gasteiger charge is 2.26. The monoisotopic (exact) mass is 328 g/mol. The molecule has 1 aliphatic rings. The molecule has 3 rings (SSSR count). The smallest absolute Gasteiger partial charge is 0.243 e. The van der Waals surface area contributed by atoms with Crippen LogP contribution < -0.4 is 0 Å². The summed E-state index contributed by atoms with van der Waals surface area (Å²) in [5.41, 5.74) is 1.78. The van der Waals surface area contributed by atoms with Crippen molar-refractivity contribution in [2.24, 2.45) is 0 Å². The normalized spacial score (nSPS) is 15.4. The number of benzene rings is 2. The van der Waals surface area contributed by atoms with E-state index >= 15 is 0 Å². The van der Waals surface area contributed by atoms with Gasteiger partial charge in [-0.2, -0.15) is 9.57 Å². The van der Waals surface area contributed by atoms with Crippen LogP contribution in [0.25, 0.3) is 11.1 Å². The van der Waals surface area contributed by atoms with Crippen LogP contribution in [0.5, 0.6) is 5.75 Å². The molecule has 1 saturated heterocycles. The second-order valence-corrected chi connectivity index (χ2v) is 7.45. The molecule has 2 aromatic rings. The summed E-state index contributed by atoms with van der Waals surface area (Å²) in [5, 5.41) is 18.6. The van der Waals surface area contributed by atoms with Gasteiger partial charge in [-0.15, -0.1) is 0 Å². The van der Waals surface area contributed by atoms with E-state index in [4.69, 9.17) is 5.26 Å². The van der Waals surface area contributed by atoms with E-state index in [-0.39, 0.29) is 10.6 Å². The Morgan fingerprint density at radius 1 is 1.00 bits per heavy atom. The average Bonchev–Trinajstić information content (AvgIpc) is 3.09. The summed E-state index contributed by atoms with van der Waals surface area (Å²) < 4.78 is 26.5. The van der Waals surface area contributed by atoms with Crippen molar-refractivity contribution in [3.05, 3.63) is 48.0 Å². The molecule has 0 aliphatic carbocycles. The van der Waals surface area contributed by atoms with Crippen LogP contribution in [0.1, 0.15) is 18.4 Å². The van der Waals surface area contributed by atoms with Crippen LogP contribution in [-0.2, 0) is 10.0 Å². The Balaban J connectivity index is 1.94. The fourth-order valence-corrected chi connectivity index (χ4v) is 4.26. The first-order chi connectivity index (χ1) is 11.0. The number of nitrogens with zero attached hydrogens (tertiary/aromatic N) is 2. The van der Waals surface area contributed by atoms with Gasteiger partial charge in [-0.1, -0.05) is 12.1 Å². The molecule has 2 aromatic carbocycles. The first-order valence-corrected chi connectivity index (χ1v) is 8.79. The number of sulfonamides is 1. The van der Waals surface area contributed by atoms with E-state index in [9.17, 15) is 13.5 Å². The Hall–Kier alpha value is -2.36. The van der Waals surface area contributed by atoms with E-state index < -0.39 is 10.0 Å². The number of aromatic hydroxyl groups is 1. The second kappa shape index (κ2) is 6.03. The van der Waals surface area contributed by atoms with Crippen molar-refractivity contribution >= 4 is 10.0 Å². The molecule has 1 fully saturated rings. The molecule has 0 amide bonds. The minimum absolute atomic E-state index is 0.00724. The van der Waals surface area contributed by atoms with E-state index in [1.807, 2.05) is 6.07 Å². The van der Waals surface area contributed by atoms with Gasteiger partial charge in [0.25, 0.3) is 0 Å². The maximum absolute atomic E-state index is 12.5. The number of phenolic OH excluding ortho intramolecular Hbond substituents is 1. The largest absolute Gasteiger partial charge is 0.508 e. The molecule has 0 aromatic heterocycles. The zero-order valence-electron chi connectivity index (χ0n) is 12.4. The number of phenols is 1. The van der Waals surface area contributed by atoms with E-state index in [0.29, 0.717) is 24.2 Å². The molecule has 1 aliphatic heterocycles. The van der Waals surface area contributed by atoms with Gasteiger partial charge in [0.1, 0.15) is 5.75 Å². The molecule has 0 saturated carbocycles. The third kappa shape index (κ3) is 3.07. The van der Waals surface area contributed by atoms with Crippen molar-refractivity contribution in [3.63, 3.8) is 0 Å². The first kappa shape index (κ1) is 15.5. The van der Waals surface area contributed by atoms with Gasteiger partial charge in [0.15, 0.2) is 0 Å². The Bertz CT molecular complexity index is 862. The summed E-state index contributed by atoms with van der Waals surface area (Å²) in [6.07, 6.45) is 1.80. The quantitative estimate of drug-likeness (QED) is 0.939. The maximum atomic E-state index is 12.5. The average molecular weight is 328 g/mol. The molecule has 0 atom stereocenters. The molecule has 23 heavy (non-hydrogen) atoms. The van der Waals surface area contributed by atoms with E-state index in [0.717, 1.165) is 18.4 Å². The summed E-state index contributed by atoms with van der Waals surface area (Å²) in [7, 11) is -3.43. The van der Waals surface area contributed by atoms with Crippen LogP contribution in [0.15, 0.2) is 47.4 Å². The number of nitriles is 1. The van der Waals surface area contributed by atoms with E-state index in [1.54, 1.807) is 36.4 Å². The van der Waals surface area contributed by atoms with Crippen molar-refractivity contribution in [1.29, 1.82) is 5.26 Å². The van der Waals surface area contributed by atoms with Crippen LogP contribution in [0.3, 0.4) is 0 Å². The second-order valence-electron chi connectivity index (χ2n) is 5.52.